The van der Waals surface area contributed by atoms with Gasteiger partial charge in [0.15, 0.2) is 0 Å². The van der Waals surface area contributed by atoms with Crippen molar-refractivity contribution in [2.75, 3.05) is 17.6 Å². The molecule has 1 aromatic carbocycles. The quantitative estimate of drug-likeness (QED) is 0.741. The summed E-state index contributed by atoms with van der Waals surface area (Å²) in [6.45, 7) is 0.583. The van der Waals surface area contributed by atoms with Crippen molar-refractivity contribution in [3.8, 4) is 0 Å². The van der Waals surface area contributed by atoms with Crippen LogP contribution in [0.25, 0.3) is 0 Å². The van der Waals surface area contributed by atoms with Crippen molar-refractivity contribution in [1.29, 1.82) is 0 Å². The van der Waals surface area contributed by atoms with Crippen LogP contribution in [0.1, 0.15) is 12.2 Å². The van der Waals surface area contributed by atoms with Gasteiger partial charge in [0.2, 0.25) is 11.8 Å². The summed E-state index contributed by atoms with van der Waals surface area (Å²) in [5.41, 5.74) is 0.818. The molecule has 1 aromatic heterocycles. The number of hydrogen-bond donors (Lipinski definition) is 2. The van der Waals surface area contributed by atoms with Crippen molar-refractivity contribution in [1.82, 2.24) is 5.32 Å². The van der Waals surface area contributed by atoms with E-state index >= 15 is 0 Å². The summed E-state index contributed by atoms with van der Waals surface area (Å²) >= 11 is 3.14. The number of amides is 2. The standard InChI is InChI=1S/C17H18N2O3S2/c20-16(18-7-9-23-11-12-4-3-8-22-12)10-15-17(21)19-13-5-1-2-6-14(13)24-15/h1-6,8,15H,7,9-11H2,(H,18,20)(H,19,21). The second-order valence-electron chi connectivity index (χ2n) is 5.28. The molecule has 1 atom stereocenters. The van der Waals surface area contributed by atoms with Crippen LogP contribution in [0.3, 0.4) is 0 Å². The number of anilines is 1. The van der Waals surface area contributed by atoms with E-state index in [4.69, 9.17) is 4.42 Å². The largest absolute Gasteiger partial charge is 0.468 e. The van der Waals surface area contributed by atoms with E-state index in [1.807, 2.05) is 36.4 Å². The van der Waals surface area contributed by atoms with Gasteiger partial charge in [-0.25, -0.2) is 0 Å². The third kappa shape index (κ3) is 4.58. The van der Waals surface area contributed by atoms with Crippen molar-refractivity contribution in [3.05, 3.63) is 48.4 Å². The van der Waals surface area contributed by atoms with Crippen molar-refractivity contribution < 1.29 is 14.0 Å². The maximum absolute atomic E-state index is 12.1. The van der Waals surface area contributed by atoms with Gasteiger partial charge >= 0.3 is 0 Å². The number of fused-ring (bicyclic) bond motifs is 1. The van der Waals surface area contributed by atoms with E-state index in [0.717, 1.165) is 27.8 Å². The van der Waals surface area contributed by atoms with Gasteiger partial charge in [0.1, 0.15) is 5.76 Å². The van der Waals surface area contributed by atoms with Gasteiger partial charge in [0.05, 0.1) is 23.0 Å². The highest BCUT2D eigenvalue weighted by atomic mass is 32.2. The van der Waals surface area contributed by atoms with Crippen molar-refractivity contribution in [3.63, 3.8) is 0 Å². The Morgan fingerprint density at radius 3 is 3.00 bits per heavy atom. The Morgan fingerprint density at radius 1 is 1.29 bits per heavy atom. The molecule has 0 saturated carbocycles. The second kappa shape index (κ2) is 8.30. The van der Waals surface area contributed by atoms with Crippen LogP contribution >= 0.6 is 23.5 Å². The Labute approximate surface area is 149 Å². The van der Waals surface area contributed by atoms with E-state index in [1.54, 1.807) is 18.0 Å². The average Bonchev–Trinajstić information content (AvgIpc) is 3.08. The SMILES string of the molecule is O=C(CC1Sc2ccccc2NC1=O)NCCSCc1ccco1. The van der Waals surface area contributed by atoms with E-state index in [0.29, 0.717) is 6.54 Å². The molecule has 0 radical (unpaired) electrons. The lowest BCUT2D eigenvalue weighted by molar-refractivity contribution is -0.123. The van der Waals surface area contributed by atoms with Gasteiger partial charge in [-0.2, -0.15) is 11.8 Å². The molecule has 7 heteroatoms. The first-order chi connectivity index (χ1) is 11.7. The molecule has 126 valence electrons. The Hall–Kier alpha value is -1.86. The molecule has 1 aliphatic rings. The number of carbonyl (C=O) groups is 2. The van der Waals surface area contributed by atoms with Gasteiger partial charge in [-0.1, -0.05) is 12.1 Å². The first kappa shape index (κ1) is 17.0. The van der Waals surface area contributed by atoms with Crippen molar-refractivity contribution in [2.45, 2.75) is 22.3 Å². The van der Waals surface area contributed by atoms with Crippen molar-refractivity contribution in [2.24, 2.45) is 0 Å². The lowest BCUT2D eigenvalue weighted by Gasteiger charge is -2.23. The zero-order chi connectivity index (χ0) is 16.8. The number of furan rings is 1. The highest BCUT2D eigenvalue weighted by Crippen LogP contribution is 2.36. The fourth-order valence-corrected chi connectivity index (χ4v) is 4.16. The Kier molecular flexibility index (Phi) is 5.87. The fourth-order valence-electron chi connectivity index (χ4n) is 2.30. The summed E-state index contributed by atoms with van der Waals surface area (Å²) in [6.07, 6.45) is 1.84. The summed E-state index contributed by atoms with van der Waals surface area (Å²) in [4.78, 5) is 25.1. The number of benzene rings is 1. The van der Waals surface area contributed by atoms with Crippen LogP contribution in [0.4, 0.5) is 5.69 Å². The van der Waals surface area contributed by atoms with E-state index in [-0.39, 0.29) is 23.5 Å². The number of para-hydroxylation sites is 1. The first-order valence-electron chi connectivity index (χ1n) is 7.66. The Bertz CT molecular complexity index is 704. The van der Waals surface area contributed by atoms with Crippen LogP contribution in [0, 0.1) is 0 Å². The maximum Gasteiger partial charge on any atom is 0.238 e. The highest BCUT2D eigenvalue weighted by molar-refractivity contribution is 8.01. The molecule has 0 aliphatic carbocycles. The smallest absolute Gasteiger partial charge is 0.238 e. The molecule has 2 heterocycles. The molecule has 24 heavy (non-hydrogen) atoms. The summed E-state index contributed by atoms with van der Waals surface area (Å²) in [7, 11) is 0. The number of nitrogens with one attached hydrogen (secondary N) is 2. The second-order valence-corrected chi connectivity index (χ2v) is 7.63. The normalized spacial score (nSPS) is 16.3. The van der Waals surface area contributed by atoms with E-state index in [1.165, 1.54) is 11.8 Å². The summed E-state index contributed by atoms with van der Waals surface area (Å²) in [6, 6.07) is 11.4. The molecule has 1 aliphatic heterocycles. The molecule has 2 amide bonds. The Morgan fingerprint density at radius 2 is 2.17 bits per heavy atom. The average molecular weight is 362 g/mol. The zero-order valence-electron chi connectivity index (χ0n) is 13.0. The lowest BCUT2D eigenvalue weighted by Crippen LogP contribution is -2.35. The molecule has 3 rings (SSSR count). The Balaban J connectivity index is 1.38. The lowest BCUT2D eigenvalue weighted by atomic mass is 10.2. The van der Waals surface area contributed by atoms with E-state index in [2.05, 4.69) is 10.6 Å². The molecule has 0 fully saturated rings. The summed E-state index contributed by atoms with van der Waals surface area (Å²) < 4.78 is 5.25. The van der Waals surface area contributed by atoms with E-state index in [9.17, 15) is 9.59 Å². The minimum Gasteiger partial charge on any atom is -0.468 e. The van der Waals surface area contributed by atoms with E-state index < -0.39 is 0 Å². The number of carbonyl (C=O) groups excluding carboxylic acids is 2. The monoisotopic (exact) mass is 362 g/mol. The van der Waals surface area contributed by atoms with Crippen LogP contribution in [0.5, 0.6) is 0 Å². The van der Waals surface area contributed by atoms with Gasteiger partial charge in [0, 0.05) is 23.6 Å². The van der Waals surface area contributed by atoms with Crippen LogP contribution in [0.2, 0.25) is 0 Å². The molecule has 0 spiro atoms. The maximum atomic E-state index is 12.1. The van der Waals surface area contributed by atoms with Crippen LogP contribution in [-0.2, 0) is 15.3 Å². The van der Waals surface area contributed by atoms with Gasteiger partial charge in [-0.05, 0) is 24.3 Å². The number of rotatable bonds is 7. The van der Waals surface area contributed by atoms with Gasteiger partial charge in [-0.15, -0.1) is 11.8 Å². The zero-order valence-corrected chi connectivity index (χ0v) is 14.6. The third-order valence-electron chi connectivity index (χ3n) is 3.47. The number of thioether (sulfide) groups is 2. The molecular weight excluding hydrogens is 344 g/mol. The molecule has 1 unspecified atom stereocenters. The summed E-state index contributed by atoms with van der Waals surface area (Å²) in [5, 5.41) is 5.34. The van der Waals surface area contributed by atoms with Gasteiger partial charge in [0.25, 0.3) is 0 Å². The topological polar surface area (TPSA) is 71.3 Å². The predicted octanol–water partition coefficient (Wildman–Crippen LogP) is 3.13. The third-order valence-corrected chi connectivity index (χ3v) is 5.73. The van der Waals surface area contributed by atoms with Gasteiger partial charge < -0.3 is 15.1 Å². The van der Waals surface area contributed by atoms with Crippen LogP contribution in [-0.4, -0.2) is 29.4 Å². The minimum atomic E-state index is -0.379. The highest BCUT2D eigenvalue weighted by Gasteiger charge is 2.28. The number of hydrogen-bond acceptors (Lipinski definition) is 5. The molecule has 2 aromatic rings. The molecular formula is C17H18N2O3S2. The molecule has 2 N–H and O–H groups in total. The first-order valence-corrected chi connectivity index (χ1v) is 9.69. The van der Waals surface area contributed by atoms with Crippen molar-refractivity contribution >= 4 is 41.0 Å². The molecule has 0 bridgehead atoms. The summed E-state index contributed by atoms with van der Waals surface area (Å²) in [5.74, 6) is 2.32. The fraction of sp³-hybridized carbons (Fsp3) is 0.294. The predicted molar refractivity (Wildman–Crippen MR) is 97.2 cm³/mol. The molecule has 5 nitrogen and oxygen atoms in total. The van der Waals surface area contributed by atoms with Crippen LogP contribution < -0.4 is 10.6 Å². The minimum absolute atomic E-state index is 0.0966. The molecule has 0 saturated heterocycles. The van der Waals surface area contributed by atoms with Gasteiger partial charge in [-0.3, -0.25) is 9.59 Å². The van der Waals surface area contributed by atoms with Crippen LogP contribution in [0.15, 0.2) is 52.0 Å².